The Morgan fingerprint density at radius 1 is 1.29 bits per heavy atom. The summed E-state index contributed by atoms with van der Waals surface area (Å²) >= 11 is 0. The van der Waals surface area contributed by atoms with Crippen LogP contribution in [-0.2, 0) is 9.59 Å². The van der Waals surface area contributed by atoms with Crippen LogP contribution in [0.5, 0.6) is 5.75 Å². The molecule has 1 amide bonds. The average molecular weight is 382 g/mol. The number of hydrogen-bond donors (Lipinski definition) is 0. The Labute approximate surface area is 176 Å². The SMILES string of the molecule is CC(C)C[C@@H](C(=O)[O-])N1CC(Oc2cccc(N3CCCC3)c2F)=CC1=O.[Li+]. The van der Waals surface area contributed by atoms with E-state index in [-0.39, 0.29) is 49.3 Å². The van der Waals surface area contributed by atoms with Crippen LogP contribution in [0.1, 0.15) is 33.1 Å². The van der Waals surface area contributed by atoms with Crippen LogP contribution >= 0.6 is 0 Å². The number of rotatable bonds is 7. The molecule has 6 nitrogen and oxygen atoms in total. The van der Waals surface area contributed by atoms with Crippen LogP contribution in [0.3, 0.4) is 0 Å². The van der Waals surface area contributed by atoms with Gasteiger partial charge in [0.05, 0.1) is 24.2 Å². The molecule has 1 atom stereocenters. The molecule has 8 heteroatoms. The molecule has 1 saturated heterocycles. The molecule has 3 rings (SSSR count). The van der Waals surface area contributed by atoms with E-state index in [0.29, 0.717) is 5.69 Å². The Morgan fingerprint density at radius 2 is 1.96 bits per heavy atom. The minimum Gasteiger partial charge on any atom is -0.548 e. The van der Waals surface area contributed by atoms with Crippen LogP contribution in [0, 0.1) is 11.7 Å². The summed E-state index contributed by atoms with van der Waals surface area (Å²) in [6, 6.07) is 3.90. The van der Waals surface area contributed by atoms with E-state index in [9.17, 15) is 19.1 Å². The van der Waals surface area contributed by atoms with E-state index in [1.54, 1.807) is 12.1 Å². The zero-order chi connectivity index (χ0) is 19.6. The largest absolute Gasteiger partial charge is 1.00 e. The summed E-state index contributed by atoms with van der Waals surface area (Å²) in [6.07, 6.45) is 3.56. The maximum absolute atomic E-state index is 14.8. The summed E-state index contributed by atoms with van der Waals surface area (Å²) in [7, 11) is 0. The number of carboxylic acid groups (broad SMARTS) is 1. The van der Waals surface area contributed by atoms with E-state index in [4.69, 9.17) is 4.74 Å². The van der Waals surface area contributed by atoms with Crippen molar-refractivity contribution < 1.29 is 42.7 Å². The monoisotopic (exact) mass is 382 g/mol. The quantitative estimate of drug-likeness (QED) is 0.548. The molecule has 1 aromatic rings. The second-order valence-electron chi connectivity index (χ2n) is 7.43. The molecule has 2 aliphatic rings. The van der Waals surface area contributed by atoms with E-state index in [0.717, 1.165) is 25.9 Å². The molecule has 0 aliphatic carbocycles. The average Bonchev–Trinajstić information content (AvgIpc) is 3.24. The van der Waals surface area contributed by atoms with Crippen molar-refractivity contribution in [2.24, 2.45) is 5.92 Å². The van der Waals surface area contributed by atoms with Crippen molar-refractivity contribution in [3.63, 3.8) is 0 Å². The standard InChI is InChI=1S/C20H25FN2O4.Li/c1-13(2)10-16(20(25)26)23-12-14(11-18(23)24)27-17-7-5-6-15(19(17)21)22-8-3-4-9-22;/h5-7,11,13,16H,3-4,8-10,12H2,1-2H3,(H,25,26);/q;+1/p-1/t16-;/m0./s1. The predicted octanol–water partition coefficient (Wildman–Crippen LogP) is -1.30. The van der Waals surface area contributed by atoms with E-state index < -0.39 is 23.7 Å². The van der Waals surface area contributed by atoms with Crippen LogP contribution in [0.15, 0.2) is 30.0 Å². The normalized spacial score (nSPS) is 17.6. The molecule has 2 heterocycles. The maximum atomic E-state index is 14.8. The molecule has 0 aromatic heterocycles. The molecule has 0 N–H and O–H groups in total. The molecule has 146 valence electrons. The smallest absolute Gasteiger partial charge is 0.548 e. The zero-order valence-corrected chi connectivity index (χ0v) is 16.6. The molecule has 1 aromatic carbocycles. The number of ether oxygens (including phenoxy) is 1. The van der Waals surface area contributed by atoms with E-state index in [1.165, 1.54) is 17.0 Å². The molecular weight excluding hydrogens is 358 g/mol. The number of amides is 1. The molecule has 0 unspecified atom stereocenters. The first-order valence-corrected chi connectivity index (χ1v) is 9.30. The third-order valence-corrected chi connectivity index (χ3v) is 4.87. The Kier molecular flexibility index (Phi) is 7.56. The molecule has 0 spiro atoms. The zero-order valence-electron chi connectivity index (χ0n) is 16.6. The summed E-state index contributed by atoms with van der Waals surface area (Å²) in [5.41, 5.74) is 0.485. The van der Waals surface area contributed by atoms with Gasteiger partial charge in [0.2, 0.25) is 0 Å². The number of nitrogens with zero attached hydrogens (tertiary/aromatic N) is 2. The van der Waals surface area contributed by atoms with Gasteiger partial charge in [-0.05, 0) is 37.3 Å². The van der Waals surface area contributed by atoms with Gasteiger partial charge < -0.3 is 24.4 Å². The maximum Gasteiger partial charge on any atom is 1.00 e. The van der Waals surface area contributed by atoms with Crippen LogP contribution in [0.25, 0.3) is 0 Å². The second-order valence-corrected chi connectivity index (χ2v) is 7.43. The van der Waals surface area contributed by atoms with Crippen molar-refractivity contribution in [1.82, 2.24) is 4.90 Å². The van der Waals surface area contributed by atoms with Crippen LogP contribution in [0.2, 0.25) is 0 Å². The Morgan fingerprint density at radius 3 is 2.57 bits per heavy atom. The second kappa shape index (κ2) is 9.49. The van der Waals surface area contributed by atoms with Gasteiger partial charge in [-0.25, -0.2) is 4.39 Å². The molecule has 0 saturated carbocycles. The Hall–Kier alpha value is -1.97. The minimum atomic E-state index is -1.30. The molecule has 28 heavy (non-hydrogen) atoms. The van der Waals surface area contributed by atoms with Gasteiger partial charge in [-0.3, -0.25) is 4.79 Å². The van der Waals surface area contributed by atoms with Crippen molar-refractivity contribution in [2.45, 2.75) is 39.2 Å². The third kappa shape index (κ3) is 4.89. The first-order valence-electron chi connectivity index (χ1n) is 9.30. The van der Waals surface area contributed by atoms with Crippen LogP contribution in [-0.4, -0.2) is 42.5 Å². The predicted molar refractivity (Wildman–Crippen MR) is 96.5 cm³/mol. The fourth-order valence-electron chi connectivity index (χ4n) is 3.56. The number of carbonyl (C=O) groups is 2. The van der Waals surface area contributed by atoms with Gasteiger partial charge in [0, 0.05) is 19.2 Å². The van der Waals surface area contributed by atoms with Crippen molar-refractivity contribution >= 4 is 17.6 Å². The van der Waals surface area contributed by atoms with E-state index in [1.807, 2.05) is 18.7 Å². The Bertz CT molecular complexity index is 763. The van der Waals surface area contributed by atoms with Gasteiger partial charge in [0.1, 0.15) is 5.76 Å². The molecule has 0 bridgehead atoms. The van der Waals surface area contributed by atoms with Crippen molar-refractivity contribution in [1.29, 1.82) is 0 Å². The van der Waals surface area contributed by atoms with Crippen molar-refractivity contribution in [2.75, 3.05) is 24.5 Å². The summed E-state index contributed by atoms with van der Waals surface area (Å²) in [6.45, 7) is 5.34. The number of aliphatic carboxylic acids is 1. The molecular formula is C20H24FLiN2O4. The molecule has 1 fully saturated rings. The number of carbonyl (C=O) groups excluding carboxylic acids is 2. The van der Waals surface area contributed by atoms with Gasteiger partial charge >= 0.3 is 18.9 Å². The number of hydrogen-bond acceptors (Lipinski definition) is 5. The van der Waals surface area contributed by atoms with Crippen molar-refractivity contribution in [3.8, 4) is 5.75 Å². The molecule has 0 radical (unpaired) electrons. The van der Waals surface area contributed by atoms with E-state index in [2.05, 4.69) is 0 Å². The fraction of sp³-hybridized carbons (Fsp3) is 0.500. The third-order valence-electron chi connectivity index (χ3n) is 4.87. The summed E-state index contributed by atoms with van der Waals surface area (Å²) < 4.78 is 20.5. The van der Waals surface area contributed by atoms with E-state index >= 15 is 0 Å². The summed E-state index contributed by atoms with van der Waals surface area (Å²) in [5.74, 6) is -1.88. The summed E-state index contributed by atoms with van der Waals surface area (Å²) in [4.78, 5) is 26.9. The van der Waals surface area contributed by atoms with Gasteiger partial charge in [0.25, 0.3) is 5.91 Å². The summed E-state index contributed by atoms with van der Waals surface area (Å²) in [5, 5.41) is 11.4. The van der Waals surface area contributed by atoms with Gasteiger partial charge in [-0.2, -0.15) is 0 Å². The van der Waals surface area contributed by atoms with Gasteiger partial charge in [-0.1, -0.05) is 19.9 Å². The van der Waals surface area contributed by atoms with Gasteiger partial charge in [0.15, 0.2) is 11.6 Å². The number of halogens is 1. The van der Waals surface area contributed by atoms with Crippen LogP contribution in [0.4, 0.5) is 10.1 Å². The topological polar surface area (TPSA) is 72.9 Å². The first kappa shape index (κ1) is 22.3. The van der Waals surface area contributed by atoms with Gasteiger partial charge in [-0.15, -0.1) is 0 Å². The number of carboxylic acids is 1. The number of benzene rings is 1. The van der Waals surface area contributed by atoms with Crippen LogP contribution < -0.4 is 33.6 Å². The van der Waals surface area contributed by atoms with Crippen molar-refractivity contribution in [3.05, 3.63) is 35.9 Å². The fourth-order valence-corrected chi connectivity index (χ4v) is 3.56. The molecule has 2 aliphatic heterocycles. The Balaban J connectivity index is 0.00000280. The first-order chi connectivity index (χ1) is 12.9. The minimum absolute atomic E-state index is 0. The number of anilines is 1.